The second-order valence-electron chi connectivity index (χ2n) is 5.54. The van der Waals surface area contributed by atoms with E-state index in [1.165, 1.54) is 0 Å². The van der Waals surface area contributed by atoms with Crippen molar-refractivity contribution in [3.63, 3.8) is 0 Å². The van der Waals surface area contributed by atoms with E-state index in [9.17, 15) is 4.79 Å². The van der Waals surface area contributed by atoms with Gasteiger partial charge in [0.25, 0.3) is 0 Å². The third-order valence-electron chi connectivity index (χ3n) is 3.93. The summed E-state index contributed by atoms with van der Waals surface area (Å²) in [5.41, 5.74) is 6.27. The van der Waals surface area contributed by atoms with Gasteiger partial charge in [0.1, 0.15) is 5.82 Å². The first-order valence-corrected chi connectivity index (χ1v) is 8.27. The van der Waals surface area contributed by atoms with Crippen LogP contribution < -0.4 is 11.1 Å². The highest BCUT2D eigenvalue weighted by Crippen LogP contribution is 2.45. The van der Waals surface area contributed by atoms with Crippen molar-refractivity contribution in [2.45, 2.75) is 35.3 Å². The van der Waals surface area contributed by atoms with Gasteiger partial charge in [0.05, 0.1) is 16.6 Å². The minimum atomic E-state index is -0.386. The van der Waals surface area contributed by atoms with E-state index in [2.05, 4.69) is 22.4 Å². The van der Waals surface area contributed by atoms with Gasteiger partial charge in [-0.2, -0.15) is 0 Å². The van der Waals surface area contributed by atoms with Crippen LogP contribution in [0.2, 0.25) is 0 Å². The Morgan fingerprint density at radius 2 is 1.83 bits per heavy atom. The predicted molar refractivity (Wildman–Crippen MR) is 98.0 cm³/mol. The van der Waals surface area contributed by atoms with Crippen molar-refractivity contribution in [1.29, 1.82) is 0 Å². The quantitative estimate of drug-likeness (QED) is 0.870. The Morgan fingerprint density at radius 3 is 2.43 bits per heavy atom. The number of nitrogens with zero attached hydrogens (tertiary/aromatic N) is 1. The molecule has 122 valence electrons. The van der Waals surface area contributed by atoms with Crippen molar-refractivity contribution in [3.05, 3.63) is 48.7 Å². The van der Waals surface area contributed by atoms with Crippen LogP contribution in [0.15, 0.2) is 53.6 Å². The maximum atomic E-state index is 12.8. The summed E-state index contributed by atoms with van der Waals surface area (Å²) in [6, 6.07) is 13.6. The van der Waals surface area contributed by atoms with Gasteiger partial charge in [0, 0.05) is 4.90 Å². The van der Waals surface area contributed by atoms with Gasteiger partial charge in [-0.1, -0.05) is 31.0 Å². The van der Waals surface area contributed by atoms with Gasteiger partial charge in [-0.15, -0.1) is 24.2 Å². The molecular formula is C17H20ClN3OS. The van der Waals surface area contributed by atoms with E-state index < -0.39 is 0 Å². The fraction of sp³-hybridized carbons (Fsp3) is 0.294. The highest BCUT2D eigenvalue weighted by Gasteiger charge is 2.42. The molecule has 0 bridgehead atoms. The van der Waals surface area contributed by atoms with Crippen molar-refractivity contribution in [2.24, 2.45) is 0 Å². The molecule has 1 aliphatic carbocycles. The van der Waals surface area contributed by atoms with Gasteiger partial charge < -0.3 is 11.1 Å². The summed E-state index contributed by atoms with van der Waals surface area (Å²) in [4.78, 5) is 18.0. The second kappa shape index (κ2) is 7.70. The van der Waals surface area contributed by atoms with Gasteiger partial charge in [0.2, 0.25) is 5.91 Å². The second-order valence-corrected chi connectivity index (χ2v) is 7.00. The largest absolute Gasteiger partial charge is 0.384 e. The van der Waals surface area contributed by atoms with E-state index >= 15 is 0 Å². The molecule has 3 rings (SSSR count). The number of pyridine rings is 1. The Kier molecular flexibility index (Phi) is 5.91. The molecule has 0 aliphatic heterocycles. The Bertz CT molecular complexity index is 643. The van der Waals surface area contributed by atoms with Crippen LogP contribution in [-0.2, 0) is 4.79 Å². The first kappa shape index (κ1) is 17.6. The van der Waals surface area contributed by atoms with Gasteiger partial charge in [-0.3, -0.25) is 4.79 Å². The zero-order chi connectivity index (χ0) is 15.4. The van der Waals surface area contributed by atoms with Gasteiger partial charge in [0.15, 0.2) is 0 Å². The number of thioether (sulfide) groups is 1. The highest BCUT2D eigenvalue weighted by atomic mass is 35.5. The third kappa shape index (κ3) is 4.18. The third-order valence-corrected chi connectivity index (χ3v) is 5.42. The van der Waals surface area contributed by atoms with Crippen LogP contribution in [0, 0.1) is 0 Å². The normalized spacial score (nSPS) is 15.7. The summed E-state index contributed by atoms with van der Waals surface area (Å²) in [6.45, 7) is 0. The molecule has 23 heavy (non-hydrogen) atoms. The molecule has 1 fully saturated rings. The van der Waals surface area contributed by atoms with Crippen LogP contribution in [0.5, 0.6) is 0 Å². The lowest BCUT2D eigenvalue weighted by Gasteiger charge is -2.27. The molecule has 2 aromatic rings. The summed E-state index contributed by atoms with van der Waals surface area (Å²) in [6.07, 6.45) is 5.59. The Balaban J connectivity index is 0.00000192. The molecular weight excluding hydrogens is 330 g/mol. The standard InChI is InChI=1S/C17H19N3OS.ClH/c18-15-9-8-13(12-19-15)20-16(21)17(10-4-5-11-17)22-14-6-2-1-3-7-14;/h1-3,6-9,12H,4-5,10-11H2,(H2,18,19)(H,20,21);1H. The average Bonchev–Trinajstić information content (AvgIpc) is 3.00. The molecule has 0 saturated heterocycles. The van der Waals surface area contributed by atoms with Gasteiger partial charge >= 0.3 is 0 Å². The molecule has 1 aromatic carbocycles. The first-order chi connectivity index (χ1) is 10.7. The minimum absolute atomic E-state index is 0. The van der Waals surface area contributed by atoms with Crippen molar-refractivity contribution in [3.8, 4) is 0 Å². The van der Waals surface area contributed by atoms with Crippen LogP contribution in [0.3, 0.4) is 0 Å². The van der Waals surface area contributed by atoms with Crippen LogP contribution >= 0.6 is 24.2 Å². The summed E-state index contributed by atoms with van der Waals surface area (Å²) in [7, 11) is 0. The van der Waals surface area contributed by atoms with Crippen molar-refractivity contribution < 1.29 is 4.79 Å². The number of hydrogen-bond acceptors (Lipinski definition) is 4. The van der Waals surface area contributed by atoms with E-state index in [1.54, 1.807) is 30.1 Å². The van der Waals surface area contributed by atoms with Crippen LogP contribution in [0.25, 0.3) is 0 Å². The monoisotopic (exact) mass is 349 g/mol. The number of nitrogens with two attached hydrogens (primary N) is 1. The maximum absolute atomic E-state index is 12.8. The van der Waals surface area contributed by atoms with E-state index in [4.69, 9.17) is 5.73 Å². The van der Waals surface area contributed by atoms with E-state index in [1.807, 2.05) is 18.2 Å². The van der Waals surface area contributed by atoms with Gasteiger partial charge in [-0.25, -0.2) is 4.98 Å². The van der Waals surface area contributed by atoms with Crippen LogP contribution in [0.1, 0.15) is 25.7 Å². The number of aromatic nitrogens is 1. The van der Waals surface area contributed by atoms with Crippen LogP contribution in [-0.4, -0.2) is 15.6 Å². The van der Waals surface area contributed by atoms with Crippen molar-refractivity contribution in [2.75, 3.05) is 11.1 Å². The first-order valence-electron chi connectivity index (χ1n) is 7.45. The molecule has 6 heteroatoms. The number of nitrogens with one attached hydrogen (secondary N) is 1. The molecule has 0 unspecified atom stereocenters. The molecule has 0 radical (unpaired) electrons. The van der Waals surface area contributed by atoms with E-state index in [0.29, 0.717) is 11.5 Å². The topological polar surface area (TPSA) is 68.0 Å². The summed E-state index contributed by atoms with van der Waals surface area (Å²) < 4.78 is -0.386. The molecule has 1 aromatic heterocycles. The molecule has 1 heterocycles. The Labute approximate surface area is 146 Å². The lowest BCUT2D eigenvalue weighted by atomic mass is 10.1. The zero-order valence-corrected chi connectivity index (χ0v) is 14.3. The number of benzene rings is 1. The number of hydrogen-bond donors (Lipinski definition) is 2. The molecule has 0 atom stereocenters. The molecule has 4 nitrogen and oxygen atoms in total. The van der Waals surface area contributed by atoms with E-state index in [-0.39, 0.29) is 23.1 Å². The van der Waals surface area contributed by atoms with Crippen molar-refractivity contribution >= 4 is 41.6 Å². The zero-order valence-electron chi connectivity index (χ0n) is 12.7. The van der Waals surface area contributed by atoms with Gasteiger partial charge in [-0.05, 0) is 37.1 Å². The molecule has 0 spiro atoms. The highest BCUT2D eigenvalue weighted by molar-refractivity contribution is 8.01. The number of amides is 1. The molecule has 3 N–H and O–H groups in total. The lowest BCUT2D eigenvalue weighted by Crippen LogP contribution is -2.37. The fourth-order valence-electron chi connectivity index (χ4n) is 2.76. The summed E-state index contributed by atoms with van der Waals surface area (Å²) in [5.74, 6) is 0.512. The average molecular weight is 350 g/mol. The Morgan fingerprint density at radius 1 is 1.13 bits per heavy atom. The number of carbonyl (C=O) groups is 1. The number of anilines is 2. The smallest absolute Gasteiger partial charge is 0.241 e. The molecule has 1 aliphatic rings. The molecule has 1 saturated carbocycles. The summed E-state index contributed by atoms with van der Waals surface area (Å²) in [5, 5.41) is 2.99. The minimum Gasteiger partial charge on any atom is -0.384 e. The van der Waals surface area contributed by atoms with E-state index in [0.717, 1.165) is 30.6 Å². The lowest BCUT2D eigenvalue weighted by molar-refractivity contribution is -0.118. The summed E-state index contributed by atoms with van der Waals surface area (Å²) >= 11 is 1.67. The Hall–Kier alpha value is -1.72. The SMILES string of the molecule is Cl.Nc1ccc(NC(=O)C2(Sc3ccccc3)CCCC2)cn1. The number of halogens is 1. The molecule has 1 amide bonds. The number of nitrogen functional groups attached to an aromatic ring is 1. The van der Waals surface area contributed by atoms with Crippen LogP contribution in [0.4, 0.5) is 11.5 Å². The van der Waals surface area contributed by atoms with Crippen molar-refractivity contribution in [1.82, 2.24) is 4.98 Å². The number of carbonyl (C=O) groups excluding carboxylic acids is 1. The maximum Gasteiger partial charge on any atom is 0.241 e. The predicted octanol–water partition coefficient (Wildman–Crippen LogP) is 4.13. The number of rotatable bonds is 4. The fourth-order valence-corrected chi connectivity index (χ4v) is 4.14.